The first-order valence-electron chi connectivity index (χ1n) is 6.35. The van der Waals surface area contributed by atoms with E-state index >= 15 is 0 Å². The van der Waals surface area contributed by atoms with Crippen LogP contribution in [0.25, 0.3) is 0 Å². The highest BCUT2D eigenvalue weighted by molar-refractivity contribution is 5.67. The Morgan fingerprint density at radius 1 is 1.29 bits per heavy atom. The van der Waals surface area contributed by atoms with Crippen molar-refractivity contribution in [2.45, 2.75) is 59.6 Å². The van der Waals surface area contributed by atoms with Crippen LogP contribution in [0.5, 0.6) is 0 Å². The van der Waals surface area contributed by atoms with Gasteiger partial charge in [0.05, 0.1) is 0 Å². The molecule has 1 amide bonds. The van der Waals surface area contributed by atoms with Gasteiger partial charge in [0.1, 0.15) is 5.60 Å². The SMILES string of the molecule is CC.CC(CCN(C)C)NC(=O)OC(C)(C)C. The van der Waals surface area contributed by atoms with E-state index in [9.17, 15) is 4.79 Å². The summed E-state index contributed by atoms with van der Waals surface area (Å²) in [6.45, 7) is 12.5. The monoisotopic (exact) mass is 246 g/mol. The molecule has 1 unspecified atom stereocenters. The minimum absolute atomic E-state index is 0.141. The van der Waals surface area contributed by atoms with Crippen LogP contribution < -0.4 is 5.32 Å². The van der Waals surface area contributed by atoms with Crippen molar-refractivity contribution in [3.63, 3.8) is 0 Å². The molecule has 0 radical (unpaired) electrons. The van der Waals surface area contributed by atoms with E-state index in [4.69, 9.17) is 4.74 Å². The zero-order chi connectivity index (χ0) is 14.1. The molecule has 0 saturated heterocycles. The van der Waals surface area contributed by atoms with Gasteiger partial charge in [0, 0.05) is 6.04 Å². The highest BCUT2D eigenvalue weighted by atomic mass is 16.6. The lowest BCUT2D eigenvalue weighted by Gasteiger charge is -2.22. The number of carbonyl (C=O) groups is 1. The molecule has 0 aliphatic carbocycles. The Morgan fingerprint density at radius 3 is 2.12 bits per heavy atom. The van der Waals surface area contributed by atoms with Gasteiger partial charge in [0.25, 0.3) is 0 Å². The van der Waals surface area contributed by atoms with E-state index in [1.54, 1.807) is 0 Å². The summed E-state index contributed by atoms with van der Waals surface area (Å²) < 4.78 is 5.15. The van der Waals surface area contributed by atoms with Crippen LogP contribution in [0.3, 0.4) is 0 Å². The van der Waals surface area contributed by atoms with Crippen LogP contribution in [0.2, 0.25) is 0 Å². The van der Waals surface area contributed by atoms with Crippen LogP contribution in [0.4, 0.5) is 4.79 Å². The van der Waals surface area contributed by atoms with Crippen LogP contribution in [0, 0.1) is 0 Å². The molecule has 0 aromatic rings. The van der Waals surface area contributed by atoms with E-state index in [1.165, 1.54) is 0 Å². The molecule has 4 nitrogen and oxygen atoms in total. The van der Waals surface area contributed by atoms with Gasteiger partial charge >= 0.3 is 6.09 Å². The third-order valence-electron chi connectivity index (χ3n) is 1.77. The fraction of sp³-hybridized carbons (Fsp3) is 0.923. The Labute approximate surface area is 107 Å². The number of ether oxygens (including phenoxy) is 1. The minimum Gasteiger partial charge on any atom is -0.444 e. The third-order valence-corrected chi connectivity index (χ3v) is 1.77. The maximum atomic E-state index is 11.4. The lowest BCUT2D eigenvalue weighted by atomic mass is 10.2. The van der Waals surface area contributed by atoms with E-state index in [0.717, 1.165) is 13.0 Å². The molecule has 0 aromatic heterocycles. The zero-order valence-corrected chi connectivity index (χ0v) is 12.8. The summed E-state index contributed by atoms with van der Waals surface area (Å²) in [6.07, 6.45) is 0.584. The van der Waals surface area contributed by atoms with Crippen LogP contribution in [-0.2, 0) is 4.74 Å². The summed E-state index contributed by atoms with van der Waals surface area (Å²) in [4.78, 5) is 13.5. The maximum absolute atomic E-state index is 11.4. The number of amides is 1. The minimum atomic E-state index is -0.425. The average Bonchev–Trinajstić information content (AvgIpc) is 2.14. The van der Waals surface area contributed by atoms with Crippen molar-refractivity contribution in [3.8, 4) is 0 Å². The Morgan fingerprint density at radius 2 is 1.76 bits per heavy atom. The van der Waals surface area contributed by atoms with Gasteiger partial charge in [-0.25, -0.2) is 4.79 Å². The summed E-state index contributed by atoms with van der Waals surface area (Å²) in [5, 5.41) is 2.80. The summed E-state index contributed by atoms with van der Waals surface area (Å²) in [6, 6.07) is 0.141. The van der Waals surface area contributed by atoms with E-state index in [0.29, 0.717) is 0 Å². The first-order chi connectivity index (χ1) is 7.70. The zero-order valence-electron chi connectivity index (χ0n) is 12.8. The van der Waals surface area contributed by atoms with Crippen molar-refractivity contribution in [2.75, 3.05) is 20.6 Å². The molecule has 0 aliphatic heterocycles. The Kier molecular flexibility index (Phi) is 10.1. The van der Waals surface area contributed by atoms with Gasteiger partial charge < -0.3 is 15.0 Å². The second-order valence-corrected chi connectivity index (χ2v) is 5.14. The third kappa shape index (κ3) is 15.2. The normalized spacial score (nSPS) is 12.5. The molecule has 0 heterocycles. The molecule has 4 heteroatoms. The molecular formula is C13H30N2O2. The molecule has 104 valence electrons. The Hall–Kier alpha value is -0.770. The van der Waals surface area contributed by atoms with E-state index in [2.05, 4.69) is 10.2 Å². The highest BCUT2D eigenvalue weighted by Gasteiger charge is 2.17. The number of nitrogens with one attached hydrogen (secondary N) is 1. The number of rotatable bonds is 4. The molecule has 0 spiro atoms. The smallest absolute Gasteiger partial charge is 0.407 e. The molecule has 0 saturated carbocycles. The standard InChI is InChI=1S/C11H24N2O2.C2H6/c1-9(7-8-13(5)6)12-10(14)15-11(2,3)4;1-2/h9H,7-8H2,1-6H3,(H,12,14);1-2H3. The maximum Gasteiger partial charge on any atom is 0.407 e. The number of nitrogens with zero attached hydrogens (tertiary/aromatic N) is 1. The van der Waals surface area contributed by atoms with Crippen LogP contribution >= 0.6 is 0 Å². The molecule has 17 heavy (non-hydrogen) atoms. The molecular weight excluding hydrogens is 216 g/mol. The summed E-state index contributed by atoms with van der Waals surface area (Å²) in [5.74, 6) is 0. The Balaban J connectivity index is 0. The fourth-order valence-electron chi connectivity index (χ4n) is 1.03. The topological polar surface area (TPSA) is 41.6 Å². The van der Waals surface area contributed by atoms with Crippen molar-refractivity contribution in [3.05, 3.63) is 0 Å². The molecule has 0 aromatic carbocycles. The van der Waals surface area contributed by atoms with Gasteiger partial charge in [-0.2, -0.15) is 0 Å². The second-order valence-electron chi connectivity index (χ2n) is 5.14. The summed E-state index contributed by atoms with van der Waals surface area (Å²) in [5.41, 5.74) is -0.425. The largest absolute Gasteiger partial charge is 0.444 e. The molecule has 0 rings (SSSR count). The quantitative estimate of drug-likeness (QED) is 0.829. The highest BCUT2D eigenvalue weighted by Crippen LogP contribution is 2.07. The molecule has 0 bridgehead atoms. The second kappa shape index (κ2) is 9.28. The lowest BCUT2D eigenvalue weighted by Crippen LogP contribution is -2.38. The van der Waals surface area contributed by atoms with Gasteiger partial charge in [0.2, 0.25) is 0 Å². The molecule has 1 atom stereocenters. The van der Waals surface area contributed by atoms with E-state index < -0.39 is 5.60 Å². The fourth-order valence-corrected chi connectivity index (χ4v) is 1.03. The summed E-state index contributed by atoms with van der Waals surface area (Å²) >= 11 is 0. The molecule has 0 fully saturated rings. The number of carbonyl (C=O) groups excluding carboxylic acids is 1. The molecule has 1 N–H and O–H groups in total. The van der Waals surface area contributed by atoms with Crippen LogP contribution in [0.15, 0.2) is 0 Å². The van der Waals surface area contributed by atoms with Crippen molar-refractivity contribution in [1.29, 1.82) is 0 Å². The van der Waals surface area contributed by atoms with Crippen LogP contribution in [-0.4, -0.2) is 43.3 Å². The van der Waals surface area contributed by atoms with E-state index in [1.807, 2.05) is 55.6 Å². The van der Waals surface area contributed by atoms with Crippen molar-refractivity contribution in [2.24, 2.45) is 0 Å². The van der Waals surface area contributed by atoms with Gasteiger partial charge in [-0.15, -0.1) is 0 Å². The predicted octanol–water partition coefficient (Wildman–Crippen LogP) is 2.88. The Bertz CT molecular complexity index is 198. The van der Waals surface area contributed by atoms with Gasteiger partial charge in [0.15, 0.2) is 0 Å². The first-order valence-corrected chi connectivity index (χ1v) is 6.35. The van der Waals surface area contributed by atoms with Crippen molar-refractivity contribution < 1.29 is 9.53 Å². The van der Waals surface area contributed by atoms with Gasteiger partial charge in [-0.3, -0.25) is 0 Å². The number of hydrogen-bond acceptors (Lipinski definition) is 3. The number of alkyl carbamates (subject to hydrolysis) is 1. The lowest BCUT2D eigenvalue weighted by molar-refractivity contribution is 0.0504. The average molecular weight is 246 g/mol. The van der Waals surface area contributed by atoms with Crippen molar-refractivity contribution >= 4 is 6.09 Å². The predicted molar refractivity (Wildman–Crippen MR) is 73.4 cm³/mol. The van der Waals surface area contributed by atoms with E-state index in [-0.39, 0.29) is 12.1 Å². The summed E-state index contributed by atoms with van der Waals surface area (Å²) in [7, 11) is 4.03. The first kappa shape index (κ1) is 18.6. The number of hydrogen-bond donors (Lipinski definition) is 1. The van der Waals surface area contributed by atoms with Crippen LogP contribution in [0.1, 0.15) is 48.0 Å². The molecule has 0 aliphatic rings. The van der Waals surface area contributed by atoms with Crippen molar-refractivity contribution in [1.82, 2.24) is 10.2 Å². The van der Waals surface area contributed by atoms with Gasteiger partial charge in [-0.1, -0.05) is 13.8 Å². The van der Waals surface area contributed by atoms with Gasteiger partial charge in [-0.05, 0) is 54.8 Å².